The Balaban J connectivity index is 1.56. The second kappa shape index (κ2) is 6.16. The molecule has 2 heterocycles. The molecule has 1 unspecified atom stereocenters. The molecule has 2 aromatic rings. The molecule has 1 saturated carbocycles. The third-order valence-electron chi connectivity index (χ3n) is 4.69. The number of rotatable bonds is 5. The maximum Gasteiger partial charge on any atom is 0.254 e. The molecule has 2 fully saturated rings. The van der Waals surface area contributed by atoms with Gasteiger partial charge in [-0.25, -0.2) is 4.68 Å². The average molecular weight is 310 g/mol. The summed E-state index contributed by atoms with van der Waals surface area (Å²) in [6.07, 6.45) is 6.34. The summed E-state index contributed by atoms with van der Waals surface area (Å²) in [5.41, 5.74) is 2.81. The van der Waals surface area contributed by atoms with Gasteiger partial charge in [0, 0.05) is 18.5 Å². The van der Waals surface area contributed by atoms with Crippen molar-refractivity contribution in [3.05, 3.63) is 47.8 Å². The van der Waals surface area contributed by atoms with E-state index in [2.05, 4.69) is 15.7 Å². The van der Waals surface area contributed by atoms with E-state index in [-0.39, 0.29) is 5.91 Å². The first-order valence-corrected chi connectivity index (χ1v) is 8.48. The third-order valence-corrected chi connectivity index (χ3v) is 4.69. The van der Waals surface area contributed by atoms with E-state index in [1.165, 1.54) is 6.42 Å². The number of hydrogen-bond donors (Lipinski definition) is 2. The average Bonchev–Trinajstić information content (AvgIpc) is 3.12. The van der Waals surface area contributed by atoms with Gasteiger partial charge in [-0.2, -0.15) is 5.10 Å². The fourth-order valence-corrected chi connectivity index (χ4v) is 3.30. The predicted molar refractivity (Wildman–Crippen MR) is 88.9 cm³/mol. The van der Waals surface area contributed by atoms with E-state index in [1.807, 2.05) is 35.0 Å². The van der Waals surface area contributed by atoms with Crippen LogP contribution in [-0.4, -0.2) is 34.8 Å². The van der Waals surface area contributed by atoms with E-state index in [0.29, 0.717) is 18.5 Å². The Bertz CT molecular complexity index is 684. The summed E-state index contributed by atoms with van der Waals surface area (Å²) in [6, 6.07) is 10.5. The number of amides is 1. The van der Waals surface area contributed by atoms with Crippen LogP contribution >= 0.6 is 0 Å². The first-order valence-electron chi connectivity index (χ1n) is 8.48. The van der Waals surface area contributed by atoms with Crippen LogP contribution in [0, 0.1) is 0 Å². The Hall–Kier alpha value is -2.14. The molecule has 1 aliphatic heterocycles. The number of nitrogens with zero attached hydrogens (tertiary/aromatic N) is 2. The molecule has 1 aromatic heterocycles. The third kappa shape index (κ3) is 3.01. The molecule has 5 nitrogen and oxygen atoms in total. The van der Waals surface area contributed by atoms with Gasteiger partial charge in [0.1, 0.15) is 0 Å². The van der Waals surface area contributed by atoms with Gasteiger partial charge in [0.25, 0.3) is 5.91 Å². The van der Waals surface area contributed by atoms with Crippen molar-refractivity contribution in [3.8, 4) is 5.69 Å². The molecule has 2 aliphatic rings. The predicted octanol–water partition coefficient (Wildman–Crippen LogP) is 2.23. The molecule has 0 bridgehead atoms. The summed E-state index contributed by atoms with van der Waals surface area (Å²) in [6.45, 7) is 1.75. The van der Waals surface area contributed by atoms with Crippen LogP contribution in [0.25, 0.3) is 5.69 Å². The Morgan fingerprint density at radius 1 is 1.26 bits per heavy atom. The molecule has 1 aromatic carbocycles. The zero-order chi connectivity index (χ0) is 15.6. The highest BCUT2D eigenvalue weighted by atomic mass is 16.1. The van der Waals surface area contributed by atoms with E-state index in [9.17, 15) is 4.79 Å². The lowest BCUT2D eigenvalue weighted by atomic mass is 10.1. The number of benzene rings is 1. The highest BCUT2D eigenvalue weighted by Crippen LogP contribution is 2.42. The number of carbonyl (C=O) groups excluding carboxylic acids is 1. The topological polar surface area (TPSA) is 59.0 Å². The van der Waals surface area contributed by atoms with Gasteiger partial charge in [-0.1, -0.05) is 18.2 Å². The highest BCUT2D eigenvalue weighted by Gasteiger charge is 2.33. The number of aromatic nitrogens is 2. The summed E-state index contributed by atoms with van der Waals surface area (Å²) >= 11 is 0. The lowest BCUT2D eigenvalue weighted by Crippen LogP contribution is -2.37. The molecular formula is C18H22N4O. The van der Waals surface area contributed by atoms with Gasteiger partial charge < -0.3 is 10.6 Å². The van der Waals surface area contributed by atoms with Gasteiger partial charge in [0.15, 0.2) is 0 Å². The number of para-hydroxylation sites is 1. The molecule has 4 rings (SSSR count). The number of carbonyl (C=O) groups is 1. The van der Waals surface area contributed by atoms with Crippen LogP contribution in [0.1, 0.15) is 47.7 Å². The van der Waals surface area contributed by atoms with Crippen molar-refractivity contribution in [2.24, 2.45) is 0 Å². The van der Waals surface area contributed by atoms with Crippen molar-refractivity contribution < 1.29 is 4.79 Å². The number of hydrogen-bond acceptors (Lipinski definition) is 3. The molecular weight excluding hydrogens is 288 g/mol. The molecule has 23 heavy (non-hydrogen) atoms. The van der Waals surface area contributed by atoms with Crippen molar-refractivity contribution in [1.82, 2.24) is 20.4 Å². The summed E-state index contributed by atoms with van der Waals surface area (Å²) in [5, 5.41) is 11.0. The van der Waals surface area contributed by atoms with Crippen molar-refractivity contribution in [2.75, 3.05) is 13.1 Å². The smallest absolute Gasteiger partial charge is 0.254 e. The summed E-state index contributed by atoms with van der Waals surface area (Å²) in [4.78, 5) is 12.6. The van der Waals surface area contributed by atoms with Gasteiger partial charge in [-0.15, -0.1) is 0 Å². The first-order chi connectivity index (χ1) is 11.3. The van der Waals surface area contributed by atoms with Crippen molar-refractivity contribution >= 4 is 5.91 Å². The van der Waals surface area contributed by atoms with Crippen LogP contribution in [0.4, 0.5) is 0 Å². The molecule has 5 heteroatoms. The molecule has 0 spiro atoms. The van der Waals surface area contributed by atoms with Crippen LogP contribution in [0.5, 0.6) is 0 Å². The summed E-state index contributed by atoms with van der Waals surface area (Å²) in [5.74, 6) is 0.464. The summed E-state index contributed by atoms with van der Waals surface area (Å²) < 4.78 is 1.93. The van der Waals surface area contributed by atoms with Crippen molar-refractivity contribution in [1.29, 1.82) is 0 Å². The maximum absolute atomic E-state index is 12.6. The SMILES string of the molecule is O=C(NCC1CCCN1)c1cnn(-c2ccccc2)c1C1CC1. The molecule has 120 valence electrons. The minimum Gasteiger partial charge on any atom is -0.350 e. The van der Waals surface area contributed by atoms with Gasteiger partial charge >= 0.3 is 0 Å². The van der Waals surface area contributed by atoms with Crippen molar-refractivity contribution in [3.63, 3.8) is 0 Å². The van der Waals surface area contributed by atoms with Crippen LogP contribution in [0.3, 0.4) is 0 Å². The molecule has 2 N–H and O–H groups in total. The minimum absolute atomic E-state index is 0.00258. The Kier molecular flexibility index (Phi) is 3.87. The van der Waals surface area contributed by atoms with Gasteiger partial charge in [0.05, 0.1) is 23.1 Å². The molecule has 1 amide bonds. The lowest BCUT2D eigenvalue weighted by molar-refractivity contribution is 0.0949. The molecule has 0 radical (unpaired) electrons. The Morgan fingerprint density at radius 3 is 2.78 bits per heavy atom. The van der Waals surface area contributed by atoms with Gasteiger partial charge in [-0.3, -0.25) is 4.79 Å². The van der Waals surface area contributed by atoms with E-state index in [0.717, 1.165) is 42.8 Å². The van der Waals surface area contributed by atoms with Crippen LogP contribution in [0.15, 0.2) is 36.5 Å². The van der Waals surface area contributed by atoms with Crippen molar-refractivity contribution in [2.45, 2.75) is 37.6 Å². The highest BCUT2D eigenvalue weighted by molar-refractivity contribution is 5.95. The second-order valence-electron chi connectivity index (χ2n) is 6.47. The molecule has 1 atom stereocenters. The quantitative estimate of drug-likeness (QED) is 0.890. The largest absolute Gasteiger partial charge is 0.350 e. The Morgan fingerprint density at radius 2 is 2.09 bits per heavy atom. The second-order valence-corrected chi connectivity index (χ2v) is 6.47. The van der Waals surface area contributed by atoms with E-state index < -0.39 is 0 Å². The lowest BCUT2D eigenvalue weighted by Gasteiger charge is -2.12. The molecule has 1 saturated heterocycles. The van der Waals surface area contributed by atoms with Crippen LogP contribution in [0.2, 0.25) is 0 Å². The zero-order valence-corrected chi connectivity index (χ0v) is 13.2. The van der Waals surface area contributed by atoms with E-state index >= 15 is 0 Å². The normalized spacial score (nSPS) is 20.6. The van der Waals surface area contributed by atoms with Crippen LogP contribution in [-0.2, 0) is 0 Å². The zero-order valence-electron chi connectivity index (χ0n) is 13.2. The first kappa shape index (κ1) is 14.5. The van der Waals surface area contributed by atoms with E-state index in [4.69, 9.17) is 0 Å². The molecule has 1 aliphatic carbocycles. The summed E-state index contributed by atoms with van der Waals surface area (Å²) in [7, 11) is 0. The van der Waals surface area contributed by atoms with E-state index in [1.54, 1.807) is 6.20 Å². The van der Waals surface area contributed by atoms with Gasteiger partial charge in [-0.05, 0) is 44.4 Å². The monoisotopic (exact) mass is 310 g/mol. The number of nitrogens with one attached hydrogen (secondary N) is 2. The fraction of sp³-hybridized carbons (Fsp3) is 0.444. The van der Waals surface area contributed by atoms with Crippen LogP contribution < -0.4 is 10.6 Å². The maximum atomic E-state index is 12.6. The minimum atomic E-state index is 0.00258. The standard InChI is InChI=1S/C18H22N4O/c23-18(20-11-14-5-4-10-19-14)16-12-21-22(17(16)13-8-9-13)15-6-2-1-3-7-15/h1-3,6-7,12-14,19H,4-5,8-11H2,(H,20,23). The Labute approximate surface area is 136 Å². The van der Waals surface area contributed by atoms with Gasteiger partial charge in [0.2, 0.25) is 0 Å². The fourth-order valence-electron chi connectivity index (χ4n) is 3.30.